The van der Waals surface area contributed by atoms with Gasteiger partial charge in [-0.25, -0.2) is 4.98 Å². The highest BCUT2D eigenvalue weighted by Crippen LogP contribution is 2.28. The van der Waals surface area contributed by atoms with E-state index >= 15 is 0 Å². The van der Waals surface area contributed by atoms with Gasteiger partial charge in [0.1, 0.15) is 5.82 Å². The lowest BCUT2D eigenvalue weighted by molar-refractivity contribution is 0.210. The average molecular weight is 369 g/mol. The lowest BCUT2D eigenvalue weighted by Crippen LogP contribution is -2.11. The van der Waals surface area contributed by atoms with E-state index in [0.29, 0.717) is 29.9 Å². The van der Waals surface area contributed by atoms with E-state index in [4.69, 9.17) is 16.3 Å². The molecule has 2 N–H and O–H groups in total. The van der Waals surface area contributed by atoms with E-state index < -0.39 is 0 Å². The molecule has 0 aliphatic carbocycles. The van der Waals surface area contributed by atoms with Crippen molar-refractivity contribution in [3.8, 4) is 11.3 Å². The summed E-state index contributed by atoms with van der Waals surface area (Å²) in [7, 11) is 1.66. The number of halogens is 1. The van der Waals surface area contributed by atoms with Crippen LogP contribution in [0.25, 0.3) is 11.3 Å². The van der Waals surface area contributed by atoms with E-state index in [1.165, 1.54) is 0 Å². The summed E-state index contributed by atoms with van der Waals surface area (Å²) in [5.41, 5.74) is 3.75. The van der Waals surface area contributed by atoms with Crippen LogP contribution in [-0.2, 0) is 4.74 Å². The molecule has 3 aromatic rings. The molecule has 0 amide bonds. The van der Waals surface area contributed by atoms with Crippen LogP contribution < -0.4 is 10.6 Å². The molecule has 2 aromatic carbocycles. The number of nitrogens with zero attached hydrogens (tertiary/aromatic N) is 2. The summed E-state index contributed by atoms with van der Waals surface area (Å²) in [5, 5.41) is 7.26. The molecule has 0 atom stereocenters. The van der Waals surface area contributed by atoms with Gasteiger partial charge in [0.2, 0.25) is 5.95 Å². The highest BCUT2D eigenvalue weighted by atomic mass is 35.5. The van der Waals surface area contributed by atoms with E-state index in [0.717, 1.165) is 22.5 Å². The summed E-state index contributed by atoms with van der Waals surface area (Å²) in [6.07, 6.45) is 0. The van der Waals surface area contributed by atoms with Crippen molar-refractivity contribution in [1.29, 1.82) is 0 Å². The number of methoxy groups -OCH3 is 1. The lowest BCUT2D eigenvalue weighted by Gasteiger charge is -2.13. The first-order valence-corrected chi connectivity index (χ1v) is 8.74. The maximum atomic E-state index is 6.22. The minimum absolute atomic E-state index is 0.547. The number of ether oxygens (including phenoxy) is 1. The predicted octanol–water partition coefficient (Wildman–Crippen LogP) is 4.91. The van der Waals surface area contributed by atoms with Gasteiger partial charge in [0.25, 0.3) is 0 Å². The van der Waals surface area contributed by atoms with Crippen LogP contribution in [0, 0.1) is 6.92 Å². The van der Waals surface area contributed by atoms with E-state index in [1.54, 1.807) is 7.11 Å². The third-order valence-corrected chi connectivity index (χ3v) is 4.32. The minimum Gasteiger partial charge on any atom is -0.383 e. The summed E-state index contributed by atoms with van der Waals surface area (Å²) < 4.78 is 5.08. The van der Waals surface area contributed by atoms with Gasteiger partial charge in [0.05, 0.1) is 12.3 Å². The Kier molecular flexibility index (Phi) is 6.04. The number of aromatic nitrogens is 2. The maximum absolute atomic E-state index is 6.22. The Labute approximate surface area is 158 Å². The van der Waals surface area contributed by atoms with E-state index in [-0.39, 0.29) is 0 Å². The molecule has 0 fully saturated rings. The lowest BCUT2D eigenvalue weighted by atomic mass is 10.1. The first-order valence-electron chi connectivity index (χ1n) is 8.37. The molecule has 6 heteroatoms. The standard InChI is InChI=1S/C20H21ClN4O/c1-14-16(21)9-6-10-17(14)23-19-13-18(15-7-4-3-5-8-15)24-20(25-19)22-11-12-26-2/h3-10,13H,11-12H2,1-2H3,(H2,22,23,24,25). The Balaban J connectivity index is 1.95. The molecule has 26 heavy (non-hydrogen) atoms. The van der Waals surface area contributed by atoms with Crippen molar-refractivity contribution in [2.75, 3.05) is 30.9 Å². The van der Waals surface area contributed by atoms with Gasteiger partial charge in [-0.2, -0.15) is 4.98 Å². The Bertz CT molecular complexity index is 871. The van der Waals surface area contributed by atoms with Crippen LogP contribution in [0.15, 0.2) is 54.6 Å². The van der Waals surface area contributed by atoms with E-state index in [1.807, 2.05) is 61.5 Å². The summed E-state index contributed by atoms with van der Waals surface area (Å²) in [6.45, 7) is 3.18. The molecule has 0 radical (unpaired) electrons. The molecule has 5 nitrogen and oxygen atoms in total. The van der Waals surface area contributed by atoms with Gasteiger partial charge in [-0.3, -0.25) is 0 Å². The summed E-state index contributed by atoms with van der Waals surface area (Å²) >= 11 is 6.22. The Morgan fingerprint density at radius 3 is 2.62 bits per heavy atom. The number of hydrogen-bond donors (Lipinski definition) is 2. The number of rotatable bonds is 7. The van der Waals surface area contributed by atoms with Gasteiger partial charge in [-0.1, -0.05) is 48.0 Å². The Morgan fingerprint density at radius 1 is 1.04 bits per heavy atom. The van der Waals surface area contributed by atoms with Crippen LogP contribution in [0.5, 0.6) is 0 Å². The molecule has 0 bridgehead atoms. The van der Waals surface area contributed by atoms with Crippen molar-refractivity contribution in [3.05, 3.63) is 65.2 Å². The van der Waals surface area contributed by atoms with Crippen molar-refractivity contribution in [2.24, 2.45) is 0 Å². The second kappa shape index (κ2) is 8.65. The fourth-order valence-corrected chi connectivity index (χ4v) is 2.67. The van der Waals surface area contributed by atoms with Gasteiger partial charge in [-0.05, 0) is 24.6 Å². The monoisotopic (exact) mass is 368 g/mol. The zero-order chi connectivity index (χ0) is 18.4. The number of hydrogen-bond acceptors (Lipinski definition) is 5. The molecule has 1 heterocycles. The zero-order valence-corrected chi connectivity index (χ0v) is 15.5. The molecule has 0 unspecified atom stereocenters. The Hall–Kier alpha value is -2.63. The summed E-state index contributed by atoms with van der Waals surface area (Å²) in [4.78, 5) is 9.18. The highest BCUT2D eigenvalue weighted by Gasteiger charge is 2.09. The molecule has 0 saturated carbocycles. The van der Waals surface area contributed by atoms with Crippen molar-refractivity contribution in [2.45, 2.75) is 6.92 Å². The van der Waals surface area contributed by atoms with Crippen molar-refractivity contribution >= 4 is 29.1 Å². The first kappa shape index (κ1) is 18.2. The smallest absolute Gasteiger partial charge is 0.225 e. The van der Waals surface area contributed by atoms with Gasteiger partial charge in [-0.15, -0.1) is 0 Å². The molecule has 1 aromatic heterocycles. The van der Waals surface area contributed by atoms with Gasteiger partial charge in [0, 0.05) is 36.0 Å². The topological polar surface area (TPSA) is 59.1 Å². The number of nitrogens with one attached hydrogen (secondary N) is 2. The van der Waals surface area contributed by atoms with Crippen LogP contribution >= 0.6 is 11.6 Å². The second-order valence-corrected chi connectivity index (χ2v) is 6.19. The molecule has 0 aliphatic heterocycles. The normalized spacial score (nSPS) is 10.6. The SMILES string of the molecule is COCCNc1nc(Nc2cccc(Cl)c2C)cc(-c2ccccc2)n1. The van der Waals surface area contributed by atoms with Gasteiger partial charge < -0.3 is 15.4 Å². The third-order valence-electron chi connectivity index (χ3n) is 3.92. The van der Waals surface area contributed by atoms with Gasteiger partial charge >= 0.3 is 0 Å². The molecule has 134 valence electrons. The van der Waals surface area contributed by atoms with Crippen LogP contribution in [0.2, 0.25) is 5.02 Å². The summed E-state index contributed by atoms with van der Waals surface area (Å²) in [5.74, 6) is 1.25. The van der Waals surface area contributed by atoms with Crippen molar-refractivity contribution in [1.82, 2.24) is 9.97 Å². The molecule has 3 rings (SSSR count). The van der Waals surface area contributed by atoms with Crippen molar-refractivity contribution < 1.29 is 4.74 Å². The largest absolute Gasteiger partial charge is 0.383 e. The molecule has 0 aliphatic rings. The third kappa shape index (κ3) is 4.50. The number of benzene rings is 2. The molecular weight excluding hydrogens is 348 g/mol. The van der Waals surface area contributed by atoms with E-state index in [2.05, 4.69) is 20.6 Å². The minimum atomic E-state index is 0.547. The fourth-order valence-electron chi connectivity index (χ4n) is 2.49. The van der Waals surface area contributed by atoms with E-state index in [9.17, 15) is 0 Å². The van der Waals surface area contributed by atoms with Crippen LogP contribution in [-0.4, -0.2) is 30.2 Å². The van der Waals surface area contributed by atoms with Crippen molar-refractivity contribution in [3.63, 3.8) is 0 Å². The zero-order valence-electron chi connectivity index (χ0n) is 14.8. The maximum Gasteiger partial charge on any atom is 0.225 e. The first-order chi connectivity index (χ1) is 12.7. The molecule has 0 saturated heterocycles. The predicted molar refractivity (Wildman–Crippen MR) is 107 cm³/mol. The highest BCUT2D eigenvalue weighted by molar-refractivity contribution is 6.31. The van der Waals surface area contributed by atoms with Crippen LogP contribution in [0.3, 0.4) is 0 Å². The quantitative estimate of drug-likeness (QED) is 0.580. The second-order valence-electron chi connectivity index (χ2n) is 5.79. The molecule has 0 spiro atoms. The van der Waals surface area contributed by atoms with Crippen LogP contribution in [0.1, 0.15) is 5.56 Å². The molecular formula is C20H21ClN4O. The van der Waals surface area contributed by atoms with Crippen LogP contribution in [0.4, 0.5) is 17.5 Å². The number of anilines is 3. The fraction of sp³-hybridized carbons (Fsp3) is 0.200. The Morgan fingerprint density at radius 2 is 1.85 bits per heavy atom. The van der Waals surface area contributed by atoms with Gasteiger partial charge in [0.15, 0.2) is 0 Å². The average Bonchev–Trinajstić information content (AvgIpc) is 2.66. The summed E-state index contributed by atoms with van der Waals surface area (Å²) in [6, 6.07) is 17.7.